The molecule has 0 bridgehead atoms. The summed E-state index contributed by atoms with van der Waals surface area (Å²) in [7, 11) is -0.187. The third kappa shape index (κ3) is 4.74. The highest BCUT2D eigenvalue weighted by atomic mass is 16.6. The number of rotatable bonds is 4. The second kappa shape index (κ2) is 6.98. The number of Topliss-reactive ketones (excluding diaryl/α,β-unsaturated/α-hetero) is 1. The van der Waals surface area contributed by atoms with Crippen LogP contribution in [0.3, 0.4) is 0 Å². The maximum atomic E-state index is 11.1. The molecule has 0 atom stereocenters. The first-order valence-corrected chi connectivity index (χ1v) is 5.28. The van der Waals surface area contributed by atoms with Crippen molar-refractivity contribution in [3.05, 3.63) is 0 Å². The SMILES string of the molecule is CCC(=O)CCB1OCCNCCO1. The van der Waals surface area contributed by atoms with Crippen molar-refractivity contribution in [2.24, 2.45) is 0 Å². The lowest BCUT2D eigenvalue weighted by atomic mass is 9.81. The lowest BCUT2D eigenvalue weighted by Gasteiger charge is -2.18. The molecule has 0 radical (unpaired) electrons. The summed E-state index contributed by atoms with van der Waals surface area (Å²) in [6.45, 7) is 4.92. The van der Waals surface area contributed by atoms with Crippen LogP contribution in [0.2, 0.25) is 6.32 Å². The molecule has 0 aromatic rings. The van der Waals surface area contributed by atoms with E-state index >= 15 is 0 Å². The molecule has 1 aliphatic heterocycles. The minimum atomic E-state index is -0.187. The first-order chi connectivity index (χ1) is 6.83. The van der Waals surface area contributed by atoms with E-state index < -0.39 is 0 Å². The van der Waals surface area contributed by atoms with Crippen molar-refractivity contribution in [2.75, 3.05) is 26.3 Å². The summed E-state index contributed by atoms with van der Waals surface area (Å²) in [5.74, 6) is 0.275. The van der Waals surface area contributed by atoms with Gasteiger partial charge < -0.3 is 14.6 Å². The molecule has 0 spiro atoms. The molecule has 0 saturated carbocycles. The standard InChI is InChI=1S/C9H18BNO3/c1-2-9(12)3-4-10-13-7-5-11-6-8-14-10/h11H,2-8H2,1H3. The third-order valence-corrected chi connectivity index (χ3v) is 2.22. The Labute approximate surface area is 85.5 Å². The first kappa shape index (κ1) is 11.7. The van der Waals surface area contributed by atoms with Gasteiger partial charge in [-0.15, -0.1) is 0 Å². The van der Waals surface area contributed by atoms with Crippen molar-refractivity contribution in [1.29, 1.82) is 0 Å². The van der Waals surface area contributed by atoms with Gasteiger partial charge >= 0.3 is 7.12 Å². The van der Waals surface area contributed by atoms with Crippen molar-refractivity contribution < 1.29 is 14.1 Å². The number of hydrogen-bond donors (Lipinski definition) is 1. The average Bonchev–Trinajstić information content (AvgIpc) is 2.15. The van der Waals surface area contributed by atoms with Gasteiger partial charge in [0.1, 0.15) is 5.78 Å². The minimum absolute atomic E-state index is 0.187. The Kier molecular flexibility index (Phi) is 5.83. The molecule has 0 unspecified atom stereocenters. The second-order valence-corrected chi connectivity index (χ2v) is 3.35. The number of carbonyl (C=O) groups excluding carboxylic acids is 1. The van der Waals surface area contributed by atoms with E-state index in [0.717, 1.165) is 13.1 Å². The van der Waals surface area contributed by atoms with Gasteiger partial charge in [-0.25, -0.2) is 0 Å². The van der Waals surface area contributed by atoms with Crippen LogP contribution in [0.25, 0.3) is 0 Å². The fourth-order valence-electron chi connectivity index (χ4n) is 1.32. The maximum Gasteiger partial charge on any atom is 0.457 e. The van der Waals surface area contributed by atoms with Crippen molar-refractivity contribution >= 4 is 12.9 Å². The van der Waals surface area contributed by atoms with Crippen molar-refractivity contribution in [2.45, 2.75) is 26.1 Å². The summed E-state index contributed by atoms with van der Waals surface area (Å²) in [4.78, 5) is 11.1. The zero-order valence-corrected chi connectivity index (χ0v) is 8.75. The van der Waals surface area contributed by atoms with Crippen LogP contribution in [-0.4, -0.2) is 39.2 Å². The van der Waals surface area contributed by atoms with E-state index in [1.807, 2.05) is 6.92 Å². The van der Waals surface area contributed by atoms with Crippen LogP contribution in [-0.2, 0) is 14.1 Å². The fourth-order valence-corrected chi connectivity index (χ4v) is 1.32. The summed E-state index contributed by atoms with van der Waals surface area (Å²) in [6, 6.07) is 0. The molecule has 1 fully saturated rings. The van der Waals surface area contributed by atoms with Crippen LogP contribution >= 0.6 is 0 Å². The summed E-state index contributed by atoms with van der Waals surface area (Å²) >= 11 is 0. The van der Waals surface area contributed by atoms with Gasteiger partial charge in [-0.1, -0.05) is 6.92 Å². The summed E-state index contributed by atoms with van der Waals surface area (Å²) in [6.07, 6.45) is 1.86. The van der Waals surface area contributed by atoms with Gasteiger partial charge in [-0.05, 0) is 6.32 Å². The Morgan fingerprint density at radius 3 is 2.57 bits per heavy atom. The summed E-state index contributed by atoms with van der Waals surface area (Å²) in [5, 5.41) is 3.17. The zero-order chi connectivity index (χ0) is 10.2. The van der Waals surface area contributed by atoms with E-state index in [1.165, 1.54) is 0 Å². The normalized spacial score (nSPS) is 18.8. The van der Waals surface area contributed by atoms with Gasteiger partial charge in [0, 0.05) is 39.1 Å². The first-order valence-electron chi connectivity index (χ1n) is 5.28. The largest absolute Gasteiger partial charge is 0.457 e. The molecule has 1 heterocycles. The molecule has 0 aromatic heterocycles. The molecule has 0 amide bonds. The van der Waals surface area contributed by atoms with Gasteiger partial charge in [0.2, 0.25) is 0 Å². The number of nitrogens with one attached hydrogen (secondary N) is 1. The van der Waals surface area contributed by atoms with Crippen LogP contribution in [0.5, 0.6) is 0 Å². The Morgan fingerprint density at radius 2 is 2.00 bits per heavy atom. The molecule has 1 N–H and O–H groups in total. The van der Waals surface area contributed by atoms with E-state index in [9.17, 15) is 4.79 Å². The van der Waals surface area contributed by atoms with E-state index in [2.05, 4.69) is 5.32 Å². The van der Waals surface area contributed by atoms with E-state index in [1.54, 1.807) is 0 Å². The van der Waals surface area contributed by atoms with Crippen LogP contribution in [0.15, 0.2) is 0 Å². The Bertz CT molecular complexity index is 169. The number of ketones is 1. The van der Waals surface area contributed by atoms with Gasteiger partial charge in [-0.2, -0.15) is 0 Å². The van der Waals surface area contributed by atoms with Gasteiger partial charge in [0.25, 0.3) is 0 Å². The lowest BCUT2D eigenvalue weighted by molar-refractivity contribution is -0.118. The van der Waals surface area contributed by atoms with Crippen molar-refractivity contribution in [1.82, 2.24) is 5.32 Å². The smallest absolute Gasteiger partial charge is 0.410 e. The molecule has 80 valence electrons. The number of hydrogen-bond acceptors (Lipinski definition) is 4. The topological polar surface area (TPSA) is 47.6 Å². The van der Waals surface area contributed by atoms with Gasteiger partial charge in [0.05, 0.1) is 0 Å². The molecular formula is C9H18BNO3. The average molecular weight is 199 g/mol. The van der Waals surface area contributed by atoms with Crippen molar-refractivity contribution in [3.8, 4) is 0 Å². The maximum absolute atomic E-state index is 11.1. The van der Waals surface area contributed by atoms with E-state index in [4.69, 9.17) is 9.31 Å². The molecule has 14 heavy (non-hydrogen) atoms. The minimum Gasteiger partial charge on any atom is -0.410 e. The molecule has 5 heteroatoms. The van der Waals surface area contributed by atoms with E-state index in [-0.39, 0.29) is 12.9 Å². The quantitative estimate of drug-likeness (QED) is 0.669. The molecule has 0 aromatic carbocycles. The van der Waals surface area contributed by atoms with E-state index in [0.29, 0.717) is 32.4 Å². The van der Waals surface area contributed by atoms with Gasteiger partial charge in [0.15, 0.2) is 0 Å². The Morgan fingerprint density at radius 1 is 1.36 bits per heavy atom. The summed E-state index contributed by atoms with van der Waals surface area (Å²) in [5.41, 5.74) is 0. The van der Waals surface area contributed by atoms with Gasteiger partial charge in [-0.3, -0.25) is 4.79 Å². The Hall–Kier alpha value is -0.385. The molecule has 1 rings (SSSR count). The lowest BCUT2D eigenvalue weighted by Crippen LogP contribution is -2.35. The number of carbonyl (C=O) groups is 1. The highest BCUT2D eigenvalue weighted by Gasteiger charge is 2.20. The second-order valence-electron chi connectivity index (χ2n) is 3.35. The van der Waals surface area contributed by atoms with Crippen LogP contribution in [0, 0.1) is 0 Å². The molecule has 0 aliphatic carbocycles. The van der Waals surface area contributed by atoms with Crippen molar-refractivity contribution in [3.63, 3.8) is 0 Å². The van der Waals surface area contributed by atoms with Crippen LogP contribution in [0.1, 0.15) is 19.8 Å². The molecular weight excluding hydrogens is 181 g/mol. The monoisotopic (exact) mass is 199 g/mol. The fraction of sp³-hybridized carbons (Fsp3) is 0.889. The molecule has 4 nitrogen and oxygen atoms in total. The van der Waals surface area contributed by atoms with Crippen LogP contribution in [0.4, 0.5) is 0 Å². The molecule has 1 aliphatic rings. The van der Waals surface area contributed by atoms with Crippen LogP contribution < -0.4 is 5.32 Å². The Balaban J connectivity index is 2.16. The molecule has 1 saturated heterocycles. The highest BCUT2D eigenvalue weighted by molar-refractivity contribution is 6.44. The predicted octanol–water partition coefficient (Wildman–Crippen LogP) is 0.480. The highest BCUT2D eigenvalue weighted by Crippen LogP contribution is 2.04. The third-order valence-electron chi connectivity index (χ3n) is 2.22. The predicted molar refractivity (Wildman–Crippen MR) is 55.2 cm³/mol. The zero-order valence-electron chi connectivity index (χ0n) is 8.75. The summed E-state index contributed by atoms with van der Waals surface area (Å²) < 4.78 is 10.9.